The predicted molar refractivity (Wildman–Crippen MR) is 71.8 cm³/mol. The summed E-state index contributed by atoms with van der Waals surface area (Å²) in [5, 5.41) is 5.12. The predicted octanol–water partition coefficient (Wildman–Crippen LogP) is 5.57. The molecule has 1 aromatic heterocycles. The molecule has 0 atom stereocenters. The quantitative estimate of drug-likeness (QED) is 0.313. The van der Waals surface area contributed by atoms with E-state index in [4.69, 9.17) is 0 Å². The Bertz CT molecular complexity index is 837. The molecule has 21 heavy (non-hydrogen) atoms. The van der Waals surface area contributed by atoms with E-state index in [-0.39, 0.29) is 5.56 Å². The van der Waals surface area contributed by atoms with Crippen LogP contribution in [0.25, 0.3) is 21.9 Å². The van der Waals surface area contributed by atoms with Gasteiger partial charge in [0.05, 0.1) is 5.56 Å². The van der Waals surface area contributed by atoms with E-state index in [9.17, 15) is 22.0 Å². The van der Waals surface area contributed by atoms with Gasteiger partial charge in [0.25, 0.3) is 0 Å². The van der Waals surface area contributed by atoms with Gasteiger partial charge in [0.2, 0.25) is 5.82 Å². The third kappa shape index (κ3) is 2.01. The summed E-state index contributed by atoms with van der Waals surface area (Å²) in [4.78, 5) is 0. The van der Waals surface area contributed by atoms with E-state index in [2.05, 4.69) is 0 Å². The Morgan fingerprint density at radius 3 is 1.76 bits per heavy atom. The fourth-order valence-electron chi connectivity index (χ4n) is 2.24. The zero-order valence-electron chi connectivity index (χ0n) is 10.6. The van der Waals surface area contributed by atoms with Gasteiger partial charge < -0.3 is 0 Å². The van der Waals surface area contributed by atoms with Crippen molar-refractivity contribution in [3.05, 3.63) is 57.5 Å². The molecule has 0 aliphatic heterocycles. The summed E-state index contributed by atoms with van der Waals surface area (Å²) in [7, 11) is 0. The van der Waals surface area contributed by atoms with E-state index in [1.54, 1.807) is 18.4 Å². The summed E-state index contributed by atoms with van der Waals surface area (Å²) < 4.78 is 67.5. The molecule has 0 nitrogen and oxygen atoms in total. The van der Waals surface area contributed by atoms with Gasteiger partial charge in [-0.15, -0.1) is 0 Å². The summed E-state index contributed by atoms with van der Waals surface area (Å²) in [6.45, 7) is 1.56. The molecule has 0 N–H and O–H groups in total. The standard InChI is InChI=1S/C15H7F5S/c1-6-2-7-4-21-5-8(7)3-9(6)10-11(16)13(18)15(20)14(19)12(10)17/h2-5H,1H3. The highest BCUT2D eigenvalue weighted by atomic mass is 32.1. The van der Waals surface area contributed by atoms with Crippen molar-refractivity contribution < 1.29 is 22.0 Å². The highest BCUT2D eigenvalue weighted by molar-refractivity contribution is 7.09. The third-order valence-electron chi connectivity index (χ3n) is 3.30. The zero-order valence-corrected chi connectivity index (χ0v) is 11.4. The first kappa shape index (κ1) is 14.0. The van der Waals surface area contributed by atoms with Crippen LogP contribution in [0.3, 0.4) is 0 Å². The Kier molecular flexibility index (Phi) is 3.20. The van der Waals surface area contributed by atoms with Gasteiger partial charge in [-0.25, -0.2) is 22.0 Å². The highest BCUT2D eigenvalue weighted by Crippen LogP contribution is 2.36. The van der Waals surface area contributed by atoms with E-state index in [0.29, 0.717) is 10.9 Å². The van der Waals surface area contributed by atoms with E-state index < -0.39 is 34.6 Å². The van der Waals surface area contributed by atoms with Crippen LogP contribution in [0, 0.1) is 36.0 Å². The highest BCUT2D eigenvalue weighted by Gasteiger charge is 2.27. The fourth-order valence-corrected chi connectivity index (χ4v) is 3.01. The molecule has 0 saturated heterocycles. The molecular formula is C15H7F5S. The number of thiophene rings is 1. The summed E-state index contributed by atoms with van der Waals surface area (Å²) in [5.74, 6) is -9.65. The molecule has 0 amide bonds. The molecule has 0 radical (unpaired) electrons. The monoisotopic (exact) mass is 314 g/mol. The first-order valence-corrected chi connectivity index (χ1v) is 6.84. The maximum atomic E-state index is 13.9. The molecule has 1 heterocycles. The normalized spacial score (nSPS) is 11.3. The maximum Gasteiger partial charge on any atom is 0.200 e. The van der Waals surface area contributed by atoms with Gasteiger partial charge in [-0.3, -0.25) is 0 Å². The molecule has 0 saturated carbocycles. The van der Waals surface area contributed by atoms with Crippen LogP contribution in [0.2, 0.25) is 0 Å². The molecule has 0 fully saturated rings. The average Bonchev–Trinajstić information content (AvgIpc) is 2.90. The summed E-state index contributed by atoms with van der Waals surface area (Å²) >= 11 is 1.39. The second-order valence-corrected chi connectivity index (χ2v) is 5.36. The minimum atomic E-state index is -2.15. The van der Waals surface area contributed by atoms with Crippen LogP contribution >= 0.6 is 11.3 Å². The molecule has 3 rings (SSSR count). The SMILES string of the molecule is Cc1cc2cscc2cc1-c1c(F)c(F)c(F)c(F)c1F. The van der Waals surface area contributed by atoms with Crippen molar-refractivity contribution in [1.29, 1.82) is 0 Å². The fraction of sp³-hybridized carbons (Fsp3) is 0.0667. The molecule has 6 heteroatoms. The molecule has 0 unspecified atom stereocenters. The number of hydrogen-bond donors (Lipinski definition) is 0. The minimum absolute atomic E-state index is 0.00583. The van der Waals surface area contributed by atoms with Gasteiger partial charge in [0.1, 0.15) is 0 Å². The van der Waals surface area contributed by atoms with Crippen LogP contribution in [-0.2, 0) is 0 Å². The Balaban J connectivity index is 2.40. The Morgan fingerprint density at radius 2 is 1.19 bits per heavy atom. The summed E-state index contributed by atoms with van der Waals surface area (Å²) in [6, 6.07) is 3.08. The van der Waals surface area contributed by atoms with E-state index in [0.717, 1.165) is 5.39 Å². The van der Waals surface area contributed by atoms with Crippen molar-refractivity contribution in [1.82, 2.24) is 0 Å². The van der Waals surface area contributed by atoms with Gasteiger partial charge in [0, 0.05) is 0 Å². The van der Waals surface area contributed by atoms with Crippen molar-refractivity contribution in [3.8, 4) is 11.1 Å². The Labute approximate surface area is 120 Å². The molecule has 2 aromatic carbocycles. The van der Waals surface area contributed by atoms with Gasteiger partial charge in [0.15, 0.2) is 23.3 Å². The Hall–Kier alpha value is -1.95. The lowest BCUT2D eigenvalue weighted by molar-refractivity contribution is 0.381. The summed E-state index contributed by atoms with van der Waals surface area (Å²) in [6.07, 6.45) is 0. The molecule has 108 valence electrons. The van der Waals surface area contributed by atoms with E-state index >= 15 is 0 Å². The van der Waals surface area contributed by atoms with Gasteiger partial charge in [-0.2, -0.15) is 11.3 Å². The zero-order chi connectivity index (χ0) is 15.3. The molecular weight excluding hydrogens is 307 g/mol. The minimum Gasteiger partial charge on any atom is -0.203 e. The van der Waals surface area contributed by atoms with Gasteiger partial charge in [-0.1, -0.05) is 0 Å². The lowest BCUT2D eigenvalue weighted by atomic mass is 9.96. The van der Waals surface area contributed by atoms with Crippen molar-refractivity contribution in [3.63, 3.8) is 0 Å². The molecule has 0 spiro atoms. The average molecular weight is 314 g/mol. The lowest BCUT2D eigenvalue weighted by Gasteiger charge is -2.11. The smallest absolute Gasteiger partial charge is 0.200 e. The first-order valence-electron chi connectivity index (χ1n) is 5.90. The van der Waals surface area contributed by atoms with Crippen LogP contribution in [0.15, 0.2) is 22.9 Å². The van der Waals surface area contributed by atoms with Crippen LogP contribution in [0.5, 0.6) is 0 Å². The first-order chi connectivity index (χ1) is 9.91. The number of rotatable bonds is 1. The van der Waals surface area contributed by atoms with Crippen LogP contribution in [0.4, 0.5) is 22.0 Å². The number of halogens is 5. The van der Waals surface area contributed by atoms with Crippen molar-refractivity contribution in [2.24, 2.45) is 0 Å². The number of hydrogen-bond acceptors (Lipinski definition) is 1. The molecule has 0 aliphatic rings. The third-order valence-corrected chi connectivity index (χ3v) is 4.08. The van der Waals surface area contributed by atoms with Crippen molar-refractivity contribution in [2.45, 2.75) is 6.92 Å². The second kappa shape index (κ2) is 4.80. The van der Waals surface area contributed by atoms with E-state index in [1.165, 1.54) is 17.4 Å². The van der Waals surface area contributed by atoms with Gasteiger partial charge >= 0.3 is 0 Å². The molecule has 3 aromatic rings. The molecule has 0 aliphatic carbocycles. The largest absolute Gasteiger partial charge is 0.203 e. The molecule has 0 bridgehead atoms. The van der Waals surface area contributed by atoms with Crippen LogP contribution in [-0.4, -0.2) is 0 Å². The van der Waals surface area contributed by atoms with E-state index in [1.807, 2.05) is 5.38 Å². The Morgan fingerprint density at radius 1 is 0.714 bits per heavy atom. The number of fused-ring (bicyclic) bond motifs is 1. The van der Waals surface area contributed by atoms with Crippen LogP contribution in [0.1, 0.15) is 5.56 Å². The van der Waals surface area contributed by atoms with Crippen LogP contribution < -0.4 is 0 Å². The number of aryl methyl sites for hydroxylation is 1. The lowest BCUT2D eigenvalue weighted by Crippen LogP contribution is -2.04. The number of benzene rings is 2. The van der Waals surface area contributed by atoms with Crippen molar-refractivity contribution in [2.75, 3.05) is 0 Å². The van der Waals surface area contributed by atoms with Crippen molar-refractivity contribution >= 4 is 22.1 Å². The topological polar surface area (TPSA) is 0 Å². The summed E-state index contributed by atoms with van der Waals surface area (Å²) in [5.41, 5.74) is -0.463. The van der Waals surface area contributed by atoms with Gasteiger partial charge in [-0.05, 0) is 51.7 Å². The second-order valence-electron chi connectivity index (χ2n) is 4.61. The maximum absolute atomic E-state index is 13.9.